The Morgan fingerprint density at radius 3 is 1.94 bits per heavy atom. The number of rotatable bonds is 4. The number of carboxylic acids is 1. The molecule has 1 atom stereocenters. The molecule has 0 heterocycles. The molecule has 0 saturated heterocycles. The average Bonchev–Trinajstić information content (AvgIpc) is 2.15. The van der Waals surface area contributed by atoms with Crippen molar-refractivity contribution in [2.24, 2.45) is 0 Å². The third-order valence-corrected chi connectivity index (χ3v) is 2.72. The molecule has 100 valence electrons. The summed E-state index contributed by atoms with van der Waals surface area (Å²) in [5.74, 6) is -3.59. The maximum atomic E-state index is 12.4. The fraction of sp³-hybridized carbons (Fsp3) is 0.800. The van der Waals surface area contributed by atoms with Gasteiger partial charge in [-0.2, -0.15) is 13.2 Å². The maximum Gasteiger partial charge on any atom is 0.471 e. The predicted octanol–water partition coefficient (Wildman–Crippen LogP) is 2.04. The molecular weight excluding hydrogens is 239 g/mol. The summed E-state index contributed by atoms with van der Waals surface area (Å²) in [5, 5.41) is 8.76. The largest absolute Gasteiger partial charge is 0.480 e. The second-order valence-corrected chi connectivity index (χ2v) is 4.35. The Morgan fingerprint density at radius 1 is 1.29 bits per heavy atom. The van der Waals surface area contributed by atoms with Crippen LogP contribution >= 0.6 is 0 Å². The third-order valence-electron chi connectivity index (χ3n) is 2.72. The van der Waals surface area contributed by atoms with Crippen LogP contribution in [0.25, 0.3) is 0 Å². The first-order valence-electron chi connectivity index (χ1n) is 5.08. The predicted molar refractivity (Wildman–Crippen MR) is 54.4 cm³/mol. The van der Waals surface area contributed by atoms with Crippen LogP contribution in [0.2, 0.25) is 0 Å². The minimum absolute atomic E-state index is 0.215. The molecule has 0 aromatic heterocycles. The topological polar surface area (TPSA) is 57.6 Å². The minimum atomic E-state index is -5.07. The zero-order valence-electron chi connectivity index (χ0n) is 10.1. The highest BCUT2D eigenvalue weighted by Gasteiger charge is 2.49. The second-order valence-electron chi connectivity index (χ2n) is 4.35. The smallest absolute Gasteiger partial charge is 0.471 e. The van der Waals surface area contributed by atoms with Crippen molar-refractivity contribution in [3.63, 3.8) is 0 Å². The SMILES string of the molecule is CCC(C)(C)N(C(=O)C(F)(F)F)C(C)C(=O)O. The van der Waals surface area contributed by atoms with E-state index in [0.717, 1.165) is 6.92 Å². The van der Waals surface area contributed by atoms with Crippen molar-refractivity contribution >= 4 is 11.9 Å². The number of carbonyl (C=O) groups excluding carboxylic acids is 1. The first-order chi connectivity index (χ1) is 7.45. The van der Waals surface area contributed by atoms with Gasteiger partial charge in [0.15, 0.2) is 0 Å². The zero-order chi connectivity index (χ0) is 14.0. The van der Waals surface area contributed by atoms with Crippen LogP contribution in [0.4, 0.5) is 13.2 Å². The van der Waals surface area contributed by atoms with E-state index in [4.69, 9.17) is 5.11 Å². The first kappa shape index (κ1) is 15.7. The molecule has 0 aromatic rings. The lowest BCUT2D eigenvalue weighted by Crippen LogP contribution is -2.58. The summed E-state index contributed by atoms with van der Waals surface area (Å²) in [6.45, 7) is 5.45. The summed E-state index contributed by atoms with van der Waals surface area (Å²) in [6.07, 6.45) is -4.86. The number of carboxylic acid groups (broad SMARTS) is 1. The third kappa shape index (κ3) is 3.61. The van der Waals surface area contributed by atoms with Gasteiger partial charge >= 0.3 is 18.1 Å². The standard InChI is InChI=1S/C10H16F3NO3/c1-5-9(3,4)14(6(2)7(15)16)8(17)10(11,12)13/h6H,5H2,1-4H3,(H,15,16). The summed E-state index contributed by atoms with van der Waals surface area (Å²) in [5.41, 5.74) is -1.18. The molecule has 0 radical (unpaired) electrons. The Morgan fingerprint density at radius 2 is 1.71 bits per heavy atom. The summed E-state index contributed by atoms with van der Waals surface area (Å²) in [7, 11) is 0. The number of alkyl halides is 3. The van der Waals surface area contributed by atoms with Gasteiger partial charge in [0.1, 0.15) is 6.04 Å². The molecule has 0 aliphatic rings. The molecule has 0 bridgehead atoms. The Hall–Kier alpha value is -1.27. The molecule has 0 spiro atoms. The van der Waals surface area contributed by atoms with E-state index in [1.165, 1.54) is 13.8 Å². The lowest BCUT2D eigenvalue weighted by atomic mass is 9.96. The highest BCUT2D eigenvalue weighted by atomic mass is 19.4. The van der Waals surface area contributed by atoms with Gasteiger partial charge in [-0.1, -0.05) is 6.92 Å². The average molecular weight is 255 g/mol. The van der Waals surface area contributed by atoms with Gasteiger partial charge < -0.3 is 10.0 Å². The minimum Gasteiger partial charge on any atom is -0.480 e. The van der Waals surface area contributed by atoms with E-state index in [-0.39, 0.29) is 6.42 Å². The van der Waals surface area contributed by atoms with Gasteiger partial charge in [0.2, 0.25) is 0 Å². The zero-order valence-corrected chi connectivity index (χ0v) is 10.1. The van der Waals surface area contributed by atoms with Crippen LogP contribution in [-0.4, -0.2) is 39.6 Å². The van der Waals surface area contributed by atoms with Crippen molar-refractivity contribution in [3.8, 4) is 0 Å². The van der Waals surface area contributed by atoms with E-state index in [1.54, 1.807) is 6.92 Å². The number of aliphatic carboxylic acids is 1. The number of halogens is 3. The molecule has 0 rings (SSSR count). The van der Waals surface area contributed by atoms with Crippen LogP contribution in [-0.2, 0) is 9.59 Å². The lowest BCUT2D eigenvalue weighted by molar-refractivity contribution is -0.195. The van der Waals surface area contributed by atoms with E-state index in [2.05, 4.69) is 0 Å². The van der Waals surface area contributed by atoms with Crippen LogP contribution in [0.5, 0.6) is 0 Å². The Kier molecular flexibility index (Phi) is 4.56. The second kappa shape index (κ2) is 4.93. The molecule has 0 fully saturated rings. The van der Waals surface area contributed by atoms with Crippen LogP contribution in [0.3, 0.4) is 0 Å². The molecule has 0 aliphatic heterocycles. The molecule has 1 unspecified atom stereocenters. The highest BCUT2D eigenvalue weighted by Crippen LogP contribution is 2.28. The highest BCUT2D eigenvalue weighted by molar-refractivity contribution is 5.87. The molecule has 7 heteroatoms. The van der Waals surface area contributed by atoms with E-state index in [9.17, 15) is 22.8 Å². The quantitative estimate of drug-likeness (QED) is 0.836. The van der Waals surface area contributed by atoms with Gasteiger partial charge in [0.25, 0.3) is 0 Å². The summed E-state index contributed by atoms with van der Waals surface area (Å²) < 4.78 is 37.2. The van der Waals surface area contributed by atoms with E-state index < -0.39 is 29.6 Å². The number of amides is 1. The van der Waals surface area contributed by atoms with Crippen molar-refractivity contribution in [3.05, 3.63) is 0 Å². The van der Waals surface area contributed by atoms with Crippen molar-refractivity contribution in [1.29, 1.82) is 0 Å². The van der Waals surface area contributed by atoms with Gasteiger partial charge in [-0.25, -0.2) is 4.79 Å². The van der Waals surface area contributed by atoms with Crippen LogP contribution in [0, 0.1) is 0 Å². The fourth-order valence-corrected chi connectivity index (χ4v) is 1.39. The summed E-state index contributed by atoms with van der Waals surface area (Å²) >= 11 is 0. The first-order valence-corrected chi connectivity index (χ1v) is 5.08. The maximum absolute atomic E-state index is 12.4. The molecule has 0 saturated carbocycles. The van der Waals surface area contributed by atoms with Gasteiger partial charge in [0.05, 0.1) is 0 Å². The number of hydrogen-bond acceptors (Lipinski definition) is 2. The number of nitrogens with zero attached hydrogens (tertiary/aromatic N) is 1. The van der Waals surface area contributed by atoms with Crippen LogP contribution in [0.1, 0.15) is 34.1 Å². The van der Waals surface area contributed by atoms with Gasteiger partial charge in [-0.3, -0.25) is 4.79 Å². The van der Waals surface area contributed by atoms with Gasteiger partial charge in [-0.05, 0) is 27.2 Å². The lowest BCUT2D eigenvalue weighted by Gasteiger charge is -2.40. The molecule has 0 aliphatic carbocycles. The Labute approximate surface area is 97.4 Å². The van der Waals surface area contributed by atoms with Gasteiger partial charge in [-0.15, -0.1) is 0 Å². The van der Waals surface area contributed by atoms with E-state index in [0.29, 0.717) is 4.90 Å². The molecule has 1 N–H and O–H groups in total. The summed E-state index contributed by atoms with van der Waals surface area (Å²) in [6, 6.07) is -1.53. The molecule has 17 heavy (non-hydrogen) atoms. The number of hydrogen-bond donors (Lipinski definition) is 1. The number of carbonyl (C=O) groups is 2. The van der Waals surface area contributed by atoms with Crippen molar-refractivity contribution in [1.82, 2.24) is 4.90 Å². The molecule has 0 aromatic carbocycles. The molecule has 4 nitrogen and oxygen atoms in total. The van der Waals surface area contributed by atoms with Crippen LogP contribution in [0.15, 0.2) is 0 Å². The van der Waals surface area contributed by atoms with Crippen molar-refractivity contribution < 1.29 is 27.9 Å². The summed E-state index contributed by atoms with van der Waals surface area (Å²) in [4.78, 5) is 22.4. The molecular formula is C10H16F3NO3. The van der Waals surface area contributed by atoms with Gasteiger partial charge in [0, 0.05) is 5.54 Å². The van der Waals surface area contributed by atoms with Crippen molar-refractivity contribution in [2.75, 3.05) is 0 Å². The van der Waals surface area contributed by atoms with Crippen molar-refractivity contribution in [2.45, 2.75) is 51.9 Å². The normalized spacial score (nSPS) is 14.3. The fourth-order valence-electron chi connectivity index (χ4n) is 1.39. The monoisotopic (exact) mass is 255 g/mol. The van der Waals surface area contributed by atoms with E-state index in [1.807, 2.05) is 0 Å². The molecule has 1 amide bonds. The Balaban J connectivity index is 5.42. The van der Waals surface area contributed by atoms with E-state index >= 15 is 0 Å². The Bertz CT molecular complexity index is 312. The van der Waals surface area contributed by atoms with Crippen LogP contribution < -0.4 is 0 Å².